The first kappa shape index (κ1) is 9.99. The Labute approximate surface area is 78.8 Å². The Hall–Kier alpha value is -1.09. The van der Waals surface area contributed by atoms with E-state index < -0.39 is 6.10 Å². The van der Waals surface area contributed by atoms with E-state index in [4.69, 9.17) is 0 Å². The maximum absolute atomic E-state index is 9.24. The predicted molar refractivity (Wildman–Crippen MR) is 53.6 cm³/mol. The lowest BCUT2D eigenvalue weighted by molar-refractivity contribution is 0.199. The van der Waals surface area contributed by atoms with Gasteiger partial charge in [0.15, 0.2) is 0 Å². The highest BCUT2D eigenvalue weighted by atomic mass is 16.3. The summed E-state index contributed by atoms with van der Waals surface area (Å²) in [6.07, 6.45) is 1.25. The Bertz CT molecular complexity index is 254. The van der Waals surface area contributed by atoms with Gasteiger partial charge < -0.3 is 10.4 Å². The summed E-state index contributed by atoms with van der Waals surface area (Å²) in [7, 11) is 0. The molecule has 0 fully saturated rings. The molecule has 0 saturated carbocycles. The van der Waals surface area contributed by atoms with Gasteiger partial charge in [-0.3, -0.25) is 0 Å². The fourth-order valence-electron chi connectivity index (χ4n) is 1.03. The highest BCUT2D eigenvalue weighted by Crippen LogP contribution is 2.12. The standard InChI is InChI=1S/C10H16N2O/c1-7(2)12-10-5-4-9(6-11-10)8(3)13/h4-8,13H,1-3H3,(H,11,12)/t8-/m1/s1. The van der Waals surface area contributed by atoms with Crippen LogP contribution in [0.3, 0.4) is 0 Å². The maximum Gasteiger partial charge on any atom is 0.126 e. The molecular formula is C10H16N2O. The molecule has 0 radical (unpaired) electrons. The number of anilines is 1. The SMILES string of the molecule is CC(C)Nc1ccc([C@@H](C)O)cn1. The highest BCUT2D eigenvalue weighted by molar-refractivity contribution is 5.36. The average Bonchev–Trinajstić information content (AvgIpc) is 2.04. The summed E-state index contributed by atoms with van der Waals surface area (Å²) in [5.74, 6) is 0.847. The monoisotopic (exact) mass is 180 g/mol. The van der Waals surface area contributed by atoms with E-state index in [2.05, 4.69) is 24.1 Å². The Balaban J connectivity index is 2.70. The molecule has 2 N–H and O–H groups in total. The molecular weight excluding hydrogens is 164 g/mol. The third-order valence-electron chi connectivity index (χ3n) is 1.71. The molecule has 0 spiro atoms. The van der Waals surface area contributed by atoms with Crippen molar-refractivity contribution in [2.24, 2.45) is 0 Å². The first-order valence-electron chi connectivity index (χ1n) is 4.50. The van der Waals surface area contributed by atoms with Gasteiger partial charge in [-0.25, -0.2) is 4.98 Å². The molecule has 0 aliphatic heterocycles. The summed E-state index contributed by atoms with van der Waals surface area (Å²) in [4.78, 5) is 4.17. The molecule has 0 aliphatic rings. The molecule has 1 aromatic rings. The van der Waals surface area contributed by atoms with Gasteiger partial charge in [0.1, 0.15) is 5.82 Å². The lowest BCUT2D eigenvalue weighted by Gasteiger charge is -2.09. The number of aliphatic hydroxyl groups is 1. The third kappa shape index (κ3) is 3.03. The summed E-state index contributed by atoms with van der Waals surface area (Å²) in [5, 5.41) is 12.4. The van der Waals surface area contributed by atoms with Gasteiger partial charge in [-0.05, 0) is 32.4 Å². The molecule has 0 amide bonds. The van der Waals surface area contributed by atoms with Crippen molar-refractivity contribution in [3.63, 3.8) is 0 Å². The van der Waals surface area contributed by atoms with Crippen LogP contribution in [0, 0.1) is 0 Å². The minimum absolute atomic E-state index is 0.380. The normalized spacial score (nSPS) is 13.0. The van der Waals surface area contributed by atoms with Crippen molar-refractivity contribution in [1.29, 1.82) is 0 Å². The zero-order valence-corrected chi connectivity index (χ0v) is 8.28. The fraction of sp³-hybridized carbons (Fsp3) is 0.500. The Morgan fingerprint density at radius 3 is 2.38 bits per heavy atom. The molecule has 72 valence electrons. The van der Waals surface area contributed by atoms with Crippen LogP contribution in [0.4, 0.5) is 5.82 Å². The van der Waals surface area contributed by atoms with Crippen LogP contribution in [0.5, 0.6) is 0 Å². The molecule has 0 aliphatic carbocycles. The van der Waals surface area contributed by atoms with Crippen molar-refractivity contribution in [2.45, 2.75) is 32.9 Å². The predicted octanol–water partition coefficient (Wildman–Crippen LogP) is 1.96. The molecule has 3 nitrogen and oxygen atoms in total. The number of nitrogens with zero attached hydrogens (tertiary/aromatic N) is 1. The van der Waals surface area contributed by atoms with Crippen molar-refractivity contribution >= 4 is 5.82 Å². The summed E-state index contributed by atoms with van der Waals surface area (Å²) in [6, 6.07) is 4.13. The van der Waals surface area contributed by atoms with Crippen LogP contribution in [0.2, 0.25) is 0 Å². The van der Waals surface area contributed by atoms with Crippen LogP contribution in [-0.2, 0) is 0 Å². The summed E-state index contributed by atoms with van der Waals surface area (Å²) >= 11 is 0. The van der Waals surface area contributed by atoms with E-state index in [1.165, 1.54) is 0 Å². The van der Waals surface area contributed by atoms with E-state index in [-0.39, 0.29) is 0 Å². The van der Waals surface area contributed by atoms with Crippen LogP contribution >= 0.6 is 0 Å². The fourth-order valence-corrected chi connectivity index (χ4v) is 1.03. The minimum atomic E-state index is -0.444. The van der Waals surface area contributed by atoms with Gasteiger partial charge in [0.25, 0.3) is 0 Å². The van der Waals surface area contributed by atoms with Crippen molar-refractivity contribution in [2.75, 3.05) is 5.32 Å². The lowest BCUT2D eigenvalue weighted by Crippen LogP contribution is -2.10. The number of rotatable bonds is 3. The van der Waals surface area contributed by atoms with Crippen LogP contribution in [0.15, 0.2) is 18.3 Å². The van der Waals surface area contributed by atoms with E-state index in [1.807, 2.05) is 12.1 Å². The van der Waals surface area contributed by atoms with Gasteiger partial charge in [0.2, 0.25) is 0 Å². The molecule has 1 heterocycles. The molecule has 13 heavy (non-hydrogen) atoms. The third-order valence-corrected chi connectivity index (χ3v) is 1.71. The van der Waals surface area contributed by atoms with Gasteiger partial charge in [-0.2, -0.15) is 0 Å². The lowest BCUT2D eigenvalue weighted by atomic mass is 10.2. The molecule has 1 aromatic heterocycles. The van der Waals surface area contributed by atoms with Gasteiger partial charge in [0.05, 0.1) is 6.10 Å². The van der Waals surface area contributed by atoms with Gasteiger partial charge in [-0.15, -0.1) is 0 Å². The highest BCUT2D eigenvalue weighted by Gasteiger charge is 2.01. The minimum Gasteiger partial charge on any atom is -0.389 e. The molecule has 0 saturated heterocycles. The smallest absolute Gasteiger partial charge is 0.126 e. The number of hydrogen-bond acceptors (Lipinski definition) is 3. The number of nitrogens with one attached hydrogen (secondary N) is 1. The zero-order valence-electron chi connectivity index (χ0n) is 8.28. The van der Waals surface area contributed by atoms with Crippen LogP contribution in [0.25, 0.3) is 0 Å². The summed E-state index contributed by atoms with van der Waals surface area (Å²) in [6.45, 7) is 5.85. The molecule has 1 atom stereocenters. The first-order valence-corrected chi connectivity index (χ1v) is 4.50. The second-order valence-electron chi connectivity index (χ2n) is 3.45. The van der Waals surface area contributed by atoms with E-state index in [9.17, 15) is 5.11 Å². The second kappa shape index (κ2) is 4.23. The summed E-state index contributed by atoms with van der Waals surface area (Å²) < 4.78 is 0. The van der Waals surface area contributed by atoms with Gasteiger partial charge in [-0.1, -0.05) is 6.07 Å². The van der Waals surface area contributed by atoms with Gasteiger partial charge in [0, 0.05) is 12.2 Å². The van der Waals surface area contributed by atoms with Crippen molar-refractivity contribution < 1.29 is 5.11 Å². The Kier molecular flexibility index (Phi) is 3.25. The molecule has 3 heteroatoms. The quantitative estimate of drug-likeness (QED) is 0.747. The molecule has 1 rings (SSSR count). The molecule has 0 aromatic carbocycles. The molecule has 0 unspecified atom stereocenters. The van der Waals surface area contributed by atoms with Crippen LogP contribution < -0.4 is 5.32 Å². The number of pyridine rings is 1. The Morgan fingerprint density at radius 2 is 2.00 bits per heavy atom. The first-order chi connectivity index (χ1) is 6.09. The Morgan fingerprint density at radius 1 is 1.31 bits per heavy atom. The van der Waals surface area contributed by atoms with Gasteiger partial charge >= 0.3 is 0 Å². The van der Waals surface area contributed by atoms with Crippen molar-refractivity contribution in [1.82, 2.24) is 4.98 Å². The number of aliphatic hydroxyl groups excluding tert-OH is 1. The number of hydrogen-bond donors (Lipinski definition) is 2. The zero-order chi connectivity index (χ0) is 9.84. The van der Waals surface area contributed by atoms with E-state index in [1.54, 1.807) is 13.1 Å². The second-order valence-corrected chi connectivity index (χ2v) is 3.45. The number of aromatic nitrogens is 1. The van der Waals surface area contributed by atoms with E-state index >= 15 is 0 Å². The van der Waals surface area contributed by atoms with E-state index in [0.717, 1.165) is 11.4 Å². The van der Waals surface area contributed by atoms with Crippen LogP contribution in [0.1, 0.15) is 32.4 Å². The largest absolute Gasteiger partial charge is 0.389 e. The average molecular weight is 180 g/mol. The van der Waals surface area contributed by atoms with Crippen molar-refractivity contribution in [3.05, 3.63) is 23.9 Å². The molecule has 0 bridgehead atoms. The van der Waals surface area contributed by atoms with Crippen LogP contribution in [-0.4, -0.2) is 16.1 Å². The maximum atomic E-state index is 9.24. The topological polar surface area (TPSA) is 45.1 Å². The summed E-state index contributed by atoms with van der Waals surface area (Å²) in [5.41, 5.74) is 0.842. The van der Waals surface area contributed by atoms with E-state index in [0.29, 0.717) is 6.04 Å². The van der Waals surface area contributed by atoms with Crippen molar-refractivity contribution in [3.8, 4) is 0 Å².